The molecule has 3 rings (SSSR count). The van der Waals surface area contributed by atoms with Crippen molar-refractivity contribution in [2.75, 3.05) is 33.8 Å². The van der Waals surface area contributed by atoms with Gasteiger partial charge < -0.3 is 19.6 Å². The molecule has 0 aliphatic carbocycles. The molecule has 0 bridgehead atoms. The second-order valence-corrected chi connectivity index (χ2v) is 8.50. The van der Waals surface area contributed by atoms with Crippen molar-refractivity contribution < 1.29 is 23.8 Å². The van der Waals surface area contributed by atoms with E-state index in [2.05, 4.69) is 0 Å². The minimum absolute atomic E-state index is 0.0970. The molecule has 1 atom stereocenters. The maximum Gasteiger partial charge on any atom is 0.295 e. The van der Waals surface area contributed by atoms with Crippen molar-refractivity contribution >= 4 is 17.4 Å². The number of aliphatic hydroxyl groups excluding tert-OH is 1. The fourth-order valence-corrected chi connectivity index (χ4v) is 4.04. The quantitative estimate of drug-likeness (QED) is 0.348. The van der Waals surface area contributed by atoms with Gasteiger partial charge in [-0.2, -0.15) is 0 Å². The maximum absolute atomic E-state index is 14.8. The number of carbonyl (C=O) groups excluding carboxylic acids is 2. The molecule has 1 heterocycles. The number of rotatable bonds is 9. The van der Waals surface area contributed by atoms with Gasteiger partial charge in [0.05, 0.1) is 18.2 Å². The Morgan fingerprint density at radius 1 is 1.18 bits per heavy atom. The first-order valence-electron chi connectivity index (χ1n) is 11.2. The lowest BCUT2D eigenvalue weighted by Crippen LogP contribution is -2.32. The number of aliphatic hydroxyl groups is 1. The molecular weight excluding hydrogens is 423 g/mol. The molecule has 0 spiro atoms. The van der Waals surface area contributed by atoms with Crippen LogP contribution in [0.15, 0.2) is 48.0 Å². The number of aryl methyl sites for hydroxylation is 1. The highest BCUT2D eigenvalue weighted by molar-refractivity contribution is 6.46. The second-order valence-electron chi connectivity index (χ2n) is 8.50. The number of nitrogens with zero attached hydrogens (tertiary/aromatic N) is 2. The summed E-state index contributed by atoms with van der Waals surface area (Å²) in [4.78, 5) is 29.4. The van der Waals surface area contributed by atoms with Crippen molar-refractivity contribution in [1.29, 1.82) is 0 Å². The summed E-state index contributed by atoms with van der Waals surface area (Å²) in [5, 5.41) is 11.2. The van der Waals surface area contributed by atoms with Gasteiger partial charge in [0.15, 0.2) is 0 Å². The van der Waals surface area contributed by atoms with Gasteiger partial charge in [0.2, 0.25) is 0 Å². The Kier molecular flexibility index (Phi) is 7.87. The van der Waals surface area contributed by atoms with Gasteiger partial charge in [0.1, 0.15) is 17.3 Å². The van der Waals surface area contributed by atoms with E-state index in [0.717, 1.165) is 6.42 Å². The Bertz CT molecular complexity index is 1060. The summed E-state index contributed by atoms with van der Waals surface area (Å²) < 4.78 is 20.5. The van der Waals surface area contributed by atoms with E-state index in [-0.39, 0.29) is 23.4 Å². The first-order chi connectivity index (χ1) is 15.8. The third-order valence-corrected chi connectivity index (χ3v) is 5.67. The molecule has 0 aromatic heterocycles. The molecule has 1 unspecified atom stereocenters. The zero-order valence-electron chi connectivity index (χ0n) is 19.6. The Morgan fingerprint density at radius 2 is 1.91 bits per heavy atom. The molecule has 7 heteroatoms. The predicted octanol–water partition coefficient (Wildman–Crippen LogP) is 4.30. The molecule has 1 N–H and O–H groups in total. The standard InChI is InChI=1S/C26H31FN2O4/c1-5-15-33-18-11-12-19(17(2)16-18)24(30)22-23(20-9-6-7-10-21(20)27)29(26(32)25(22)31)14-8-13-28(3)4/h6-7,9-12,16,23,30H,5,8,13-15H2,1-4H3/b24-22+. The van der Waals surface area contributed by atoms with Crippen molar-refractivity contribution in [3.05, 3.63) is 70.5 Å². The van der Waals surface area contributed by atoms with Gasteiger partial charge in [-0.1, -0.05) is 25.1 Å². The fourth-order valence-electron chi connectivity index (χ4n) is 4.04. The summed E-state index contributed by atoms with van der Waals surface area (Å²) in [6.45, 7) is 5.33. The van der Waals surface area contributed by atoms with Gasteiger partial charge in [-0.3, -0.25) is 9.59 Å². The minimum Gasteiger partial charge on any atom is -0.507 e. The van der Waals surface area contributed by atoms with E-state index in [1.165, 1.54) is 11.0 Å². The zero-order chi connectivity index (χ0) is 24.1. The van der Waals surface area contributed by atoms with E-state index < -0.39 is 23.5 Å². The third kappa shape index (κ3) is 5.25. The molecule has 2 aromatic carbocycles. The largest absolute Gasteiger partial charge is 0.507 e. The molecule has 2 aromatic rings. The summed E-state index contributed by atoms with van der Waals surface area (Å²) in [6, 6.07) is 10.2. The number of likely N-dealkylation sites (tertiary alicyclic amines) is 1. The topological polar surface area (TPSA) is 70.1 Å². The van der Waals surface area contributed by atoms with Crippen molar-refractivity contribution in [3.63, 3.8) is 0 Å². The van der Waals surface area contributed by atoms with Gasteiger partial charge in [0.25, 0.3) is 11.7 Å². The third-order valence-electron chi connectivity index (χ3n) is 5.67. The van der Waals surface area contributed by atoms with E-state index in [4.69, 9.17) is 4.74 Å². The number of ketones is 1. The van der Waals surface area contributed by atoms with Crippen LogP contribution in [0.4, 0.5) is 4.39 Å². The van der Waals surface area contributed by atoms with E-state index >= 15 is 0 Å². The van der Waals surface area contributed by atoms with E-state index in [9.17, 15) is 19.1 Å². The van der Waals surface area contributed by atoms with Gasteiger partial charge in [0, 0.05) is 17.7 Å². The maximum atomic E-state index is 14.8. The lowest BCUT2D eigenvalue weighted by molar-refractivity contribution is -0.140. The first-order valence-corrected chi connectivity index (χ1v) is 11.2. The summed E-state index contributed by atoms with van der Waals surface area (Å²) in [7, 11) is 3.83. The lowest BCUT2D eigenvalue weighted by atomic mass is 9.93. The first kappa shape index (κ1) is 24.5. The average molecular weight is 455 g/mol. The monoisotopic (exact) mass is 454 g/mol. The summed E-state index contributed by atoms with van der Waals surface area (Å²) in [6.07, 6.45) is 1.47. The van der Waals surface area contributed by atoms with Crippen LogP contribution in [0.25, 0.3) is 5.76 Å². The number of carbonyl (C=O) groups is 2. The second kappa shape index (κ2) is 10.6. The lowest BCUT2D eigenvalue weighted by Gasteiger charge is -2.26. The van der Waals surface area contributed by atoms with E-state index in [1.807, 2.05) is 25.9 Å². The Labute approximate surface area is 194 Å². The summed E-state index contributed by atoms with van der Waals surface area (Å²) >= 11 is 0. The molecule has 1 aliphatic heterocycles. The number of hydrogen-bond acceptors (Lipinski definition) is 5. The normalized spacial score (nSPS) is 17.8. The highest BCUT2D eigenvalue weighted by atomic mass is 19.1. The molecule has 33 heavy (non-hydrogen) atoms. The van der Waals surface area contributed by atoms with Gasteiger partial charge in [-0.15, -0.1) is 0 Å². The number of hydrogen-bond donors (Lipinski definition) is 1. The number of halogens is 1. The molecule has 1 saturated heterocycles. The van der Waals surface area contributed by atoms with Gasteiger partial charge in [-0.05, 0) is 70.2 Å². The molecular formula is C26H31FN2O4. The number of Topliss-reactive ketones (excluding diaryl/α,β-unsaturated/α-hetero) is 1. The fraction of sp³-hybridized carbons (Fsp3) is 0.385. The van der Waals surface area contributed by atoms with E-state index in [0.29, 0.717) is 36.4 Å². The zero-order valence-corrected chi connectivity index (χ0v) is 19.6. The van der Waals surface area contributed by atoms with Crippen LogP contribution >= 0.6 is 0 Å². The summed E-state index contributed by atoms with van der Waals surface area (Å²) in [5.74, 6) is -1.73. The van der Waals surface area contributed by atoms with Crippen molar-refractivity contribution in [2.45, 2.75) is 32.7 Å². The highest BCUT2D eigenvalue weighted by Gasteiger charge is 2.46. The van der Waals surface area contributed by atoms with Crippen molar-refractivity contribution in [1.82, 2.24) is 9.80 Å². The van der Waals surface area contributed by atoms with E-state index in [1.54, 1.807) is 43.3 Å². The smallest absolute Gasteiger partial charge is 0.295 e. The Balaban J connectivity index is 2.09. The summed E-state index contributed by atoms with van der Waals surface area (Å²) in [5.41, 5.74) is 1.18. The molecule has 6 nitrogen and oxygen atoms in total. The molecule has 0 radical (unpaired) electrons. The number of ether oxygens (including phenoxy) is 1. The number of amides is 1. The van der Waals surface area contributed by atoms with Crippen LogP contribution in [0.1, 0.15) is 42.5 Å². The van der Waals surface area contributed by atoms with Crippen LogP contribution in [0.5, 0.6) is 5.75 Å². The van der Waals surface area contributed by atoms with Crippen LogP contribution in [-0.2, 0) is 9.59 Å². The average Bonchev–Trinajstić information content (AvgIpc) is 3.02. The van der Waals surface area contributed by atoms with Crippen LogP contribution in [-0.4, -0.2) is 60.4 Å². The van der Waals surface area contributed by atoms with Crippen LogP contribution in [0.2, 0.25) is 0 Å². The van der Waals surface area contributed by atoms with Crippen molar-refractivity contribution in [3.8, 4) is 5.75 Å². The predicted molar refractivity (Wildman–Crippen MR) is 126 cm³/mol. The molecule has 0 saturated carbocycles. The van der Waals surface area contributed by atoms with Crippen LogP contribution in [0.3, 0.4) is 0 Å². The minimum atomic E-state index is -0.996. The Morgan fingerprint density at radius 3 is 2.55 bits per heavy atom. The Hall–Kier alpha value is -3.19. The number of benzene rings is 2. The molecule has 1 amide bonds. The van der Waals surface area contributed by atoms with Crippen molar-refractivity contribution in [2.24, 2.45) is 0 Å². The van der Waals surface area contributed by atoms with Gasteiger partial charge in [-0.25, -0.2) is 4.39 Å². The van der Waals surface area contributed by atoms with Crippen LogP contribution in [0, 0.1) is 12.7 Å². The SMILES string of the molecule is CCCOc1ccc(/C(O)=C2\C(=O)C(=O)N(CCCN(C)C)C2c2ccccc2F)c(C)c1. The highest BCUT2D eigenvalue weighted by Crippen LogP contribution is 2.41. The van der Waals surface area contributed by atoms with Crippen LogP contribution < -0.4 is 4.74 Å². The molecule has 1 fully saturated rings. The van der Waals surface area contributed by atoms with Gasteiger partial charge >= 0.3 is 0 Å². The molecule has 1 aliphatic rings. The molecule has 176 valence electrons.